The molecule has 9 nitrogen and oxygen atoms in total. The highest BCUT2D eigenvalue weighted by Gasteiger charge is 2.42. The zero-order chi connectivity index (χ0) is 23.9. The average molecular weight is 454 g/mol. The van der Waals surface area contributed by atoms with Gasteiger partial charge in [-0.05, 0) is 51.0 Å². The van der Waals surface area contributed by atoms with E-state index < -0.39 is 5.54 Å². The number of pyridine rings is 3. The molecule has 1 saturated heterocycles. The molecule has 0 aromatic carbocycles. The number of anilines is 2. The van der Waals surface area contributed by atoms with Gasteiger partial charge in [0.25, 0.3) is 5.91 Å². The summed E-state index contributed by atoms with van der Waals surface area (Å²) >= 11 is 0. The van der Waals surface area contributed by atoms with Crippen LogP contribution >= 0.6 is 0 Å². The molecule has 170 valence electrons. The number of hydrogen-bond acceptors (Lipinski definition) is 8. The summed E-state index contributed by atoms with van der Waals surface area (Å²) in [7, 11) is 0. The van der Waals surface area contributed by atoms with Gasteiger partial charge in [-0.2, -0.15) is 10.2 Å². The number of carbonyl (C=O) groups is 1. The van der Waals surface area contributed by atoms with E-state index in [-0.39, 0.29) is 5.91 Å². The van der Waals surface area contributed by atoms with Crippen molar-refractivity contribution < 1.29 is 4.79 Å². The Morgan fingerprint density at radius 1 is 1.21 bits per heavy atom. The fourth-order valence-electron chi connectivity index (χ4n) is 4.21. The Kier molecular flexibility index (Phi) is 5.28. The predicted octanol–water partition coefficient (Wildman–Crippen LogP) is 4.19. The van der Waals surface area contributed by atoms with Gasteiger partial charge in [0.15, 0.2) is 0 Å². The highest BCUT2D eigenvalue weighted by atomic mass is 16.3. The number of aryl methyl sites for hydroxylation is 1. The van der Waals surface area contributed by atoms with Crippen LogP contribution in [0.25, 0.3) is 11.1 Å². The van der Waals surface area contributed by atoms with Crippen LogP contribution in [0.15, 0.2) is 48.0 Å². The summed E-state index contributed by atoms with van der Waals surface area (Å²) in [5.74, 6) is 0.771. The molecule has 1 aliphatic carbocycles. The maximum atomic E-state index is 12.8. The number of hydrogen-bond donors (Lipinski definition) is 1. The monoisotopic (exact) mass is 453 g/mol. The molecule has 0 radical (unpaired) electrons. The second-order valence-electron chi connectivity index (χ2n) is 9.21. The van der Waals surface area contributed by atoms with Crippen LogP contribution in [-0.4, -0.2) is 39.5 Å². The molecule has 4 heterocycles. The van der Waals surface area contributed by atoms with Gasteiger partial charge in [-0.15, -0.1) is 0 Å². The van der Waals surface area contributed by atoms with Gasteiger partial charge in [0, 0.05) is 59.5 Å². The van der Waals surface area contributed by atoms with Crippen molar-refractivity contribution in [2.24, 2.45) is 5.18 Å². The Balaban J connectivity index is 1.38. The minimum Gasteiger partial charge on any atom is -0.350 e. The molecule has 5 rings (SSSR count). The van der Waals surface area contributed by atoms with Gasteiger partial charge in [0.2, 0.25) is 0 Å². The van der Waals surface area contributed by atoms with Crippen molar-refractivity contribution in [3.05, 3.63) is 70.3 Å². The van der Waals surface area contributed by atoms with Crippen molar-refractivity contribution in [1.82, 2.24) is 15.0 Å². The van der Waals surface area contributed by atoms with Crippen molar-refractivity contribution in [3.8, 4) is 17.2 Å². The number of nitroso groups, excluding NO2 is 1. The summed E-state index contributed by atoms with van der Waals surface area (Å²) in [5, 5.41) is 15.8. The first-order valence-corrected chi connectivity index (χ1v) is 11.1. The molecular formula is C25H23N7O2. The molecule has 9 heteroatoms. The van der Waals surface area contributed by atoms with E-state index in [9.17, 15) is 15.0 Å². The zero-order valence-corrected chi connectivity index (χ0v) is 18.9. The van der Waals surface area contributed by atoms with Crippen LogP contribution in [0.3, 0.4) is 0 Å². The third-order valence-corrected chi connectivity index (χ3v) is 6.26. The van der Waals surface area contributed by atoms with Crippen LogP contribution in [0.2, 0.25) is 0 Å². The van der Waals surface area contributed by atoms with Crippen LogP contribution in [0.5, 0.6) is 0 Å². The highest BCUT2D eigenvalue weighted by molar-refractivity contribution is 6.04. The summed E-state index contributed by atoms with van der Waals surface area (Å²) in [6.45, 7) is 4.50. The van der Waals surface area contributed by atoms with Crippen molar-refractivity contribution in [2.75, 3.05) is 23.3 Å². The molecule has 3 aromatic rings. The number of nitriles is 1. The SMILES string of the molecule is Cc1ncc(NC(=O)c2ccnc(C3CC3)c2)cc1-c1cnc(N2CC(C)(N=O)C2)c(C#N)c1. The quantitative estimate of drug-likeness (QED) is 0.555. The minimum absolute atomic E-state index is 0.225. The lowest BCUT2D eigenvalue weighted by molar-refractivity contribution is 0.102. The van der Waals surface area contributed by atoms with Crippen LogP contribution in [-0.2, 0) is 0 Å². The van der Waals surface area contributed by atoms with Gasteiger partial charge in [0.05, 0.1) is 17.4 Å². The second kappa shape index (κ2) is 8.30. The van der Waals surface area contributed by atoms with Crippen molar-refractivity contribution in [3.63, 3.8) is 0 Å². The highest BCUT2D eigenvalue weighted by Crippen LogP contribution is 2.39. The summed E-state index contributed by atoms with van der Waals surface area (Å²) in [4.78, 5) is 39.0. The molecule has 0 atom stereocenters. The lowest BCUT2D eigenvalue weighted by atomic mass is 9.93. The summed E-state index contributed by atoms with van der Waals surface area (Å²) < 4.78 is 0. The Labute approximate surface area is 196 Å². The van der Waals surface area contributed by atoms with E-state index in [4.69, 9.17) is 0 Å². The van der Waals surface area contributed by atoms with Crippen molar-refractivity contribution in [2.45, 2.75) is 38.1 Å². The van der Waals surface area contributed by atoms with Crippen molar-refractivity contribution in [1.29, 1.82) is 5.26 Å². The Morgan fingerprint density at radius 3 is 2.71 bits per heavy atom. The Hall–Kier alpha value is -4.19. The maximum absolute atomic E-state index is 12.8. The average Bonchev–Trinajstić information content (AvgIpc) is 3.68. The fraction of sp³-hybridized carbons (Fsp3) is 0.320. The van der Waals surface area contributed by atoms with E-state index in [0.717, 1.165) is 35.4 Å². The Bertz CT molecular complexity index is 1340. The van der Waals surface area contributed by atoms with Crippen LogP contribution < -0.4 is 10.2 Å². The number of nitrogens with zero attached hydrogens (tertiary/aromatic N) is 6. The van der Waals surface area contributed by atoms with Gasteiger partial charge in [-0.1, -0.05) is 5.18 Å². The topological polar surface area (TPSA) is 124 Å². The van der Waals surface area contributed by atoms with E-state index in [1.54, 1.807) is 37.6 Å². The van der Waals surface area contributed by atoms with E-state index >= 15 is 0 Å². The van der Waals surface area contributed by atoms with Gasteiger partial charge in [-0.3, -0.25) is 14.8 Å². The van der Waals surface area contributed by atoms with Gasteiger partial charge in [-0.25, -0.2) is 4.98 Å². The van der Waals surface area contributed by atoms with Gasteiger partial charge in [0.1, 0.15) is 17.4 Å². The third-order valence-electron chi connectivity index (χ3n) is 6.26. The normalized spacial score (nSPS) is 16.3. The fourth-order valence-corrected chi connectivity index (χ4v) is 4.21. The van der Waals surface area contributed by atoms with Crippen LogP contribution in [0.4, 0.5) is 11.5 Å². The first-order valence-electron chi connectivity index (χ1n) is 11.1. The number of rotatable bonds is 6. The van der Waals surface area contributed by atoms with E-state index in [0.29, 0.717) is 41.6 Å². The Morgan fingerprint density at radius 2 is 2.00 bits per heavy atom. The number of amides is 1. The molecule has 2 aliphatic rings. The molecule has 2 fully saturated rings. The van der Waals surface area contributed by atoms with Crippen molar-refractivity contribution >= 4 is 17.4 Å². The predicted molar refractivity (Wildman–Crippen MR) is 127 cm³/mol. The number of aromatic nitrogens is 3. The summed E-state index contributed by atoms with van der Waals surface area (Å²) in [6, 6.07) is 9.33. The summed E-state index contributed by atoms with van der Waals surface area (Å²) in [5.41, 5.74) is 4.06. The third kappa shape index (κ3) is 4.10. The first kappa shape index (κ1) is 21.6. The standard InChI is InChI=1S/C25H23N7O2/c1-15-21(19-7-18(10-26)23(29-11-19)32-13-25(2,14-32)31-34)9-20(12-28-15)30-24(33)17-5-6-27-22(8-17)16-3-4-16/h5-9,11-12,16H,3-4,13-14H2,1-2H3,(H,30,33). The molecule has 1 amide bonds. The lowest BCUT2D eigenvalue weighted by Crippen LogP contribution is -2.59. The molecule has 1 N–H and O–H groups in total. The molecule has 1 aliphatic heterocycles. The van der Waals surface area contributed by atoms with Gasteiger partial charge < -0.3 is 10.2 Å². The molecular weight excluding hydrogens is 430 g/mol. The smallest absolute Gasteiger partial charge is 0.255 e. The van der Waals surface area contributed by atoms with Crippen LogP contribution in [0.1, 0.15) is 53.0 Å². The molecule has 1 saturated carbocycles. The zero-order valence-electron chi connectivity index (χ0n) is 18.9. The molecule has 0 bridgehead atoms. The maximum Gasteiger partial charge on any atom is 0.255 e. The van der Waals surface area contributed by atoms with Crippen LogP contribution in [0, 0.1) is 23.2 Å². The van der Waals surface area contributed by atoms with E-state index in [1.165, 1.54) is 0 Å². The largest absolute Gasteiger partial charge is 0.350 e. The van der Waals surface area contributed by atoms with E-state index in [2.05, 4.69) is 31.5 Å². The summed E-state index contributed by atoms with van der Waals surface area (Å²) in [6.07, 6.45) is 7.20. The minimum atomic E-state index is -0.644. The number of carbonyl (C=O) groups excluding carboxylic acids is 1. The molecule has 0 spiro atoms. The molecule has 3 aromatic heterocycles. The second-order valence-corrected chi connectivity index (χ2v) is 9.21. The lowest BCUT2D eigenvalue weighted by Gasteiger charge is -2.43. The van der Waals surface area contributed by atoms with E-state index in [1.807, 2.05) is 24.0 Å². The van der Waals surface area contributed by atoms with Gasteiger partial charge >= 0.3 is 0 Å². The molecule has 34 heavy (non-hydrogen) atoms. The molecule has 0 unspecified atom stereocenters. The number of nitrogens with one attached hydrogen (secondary N) is 1. The first-order chi connectivity index (χ1) is 16.4.